The Labute approximate surface area is 98.7 Å². The standard InChI is InChI=1S/C14H23NO/c1-5-13-6-7-14(16-13)8-12(4)10-15-9-11(2)3/h6-8,11,15H,5,9-10H2,1-4H3. The molecule has 2 nitrogen and oxygen atoms in total. The molecule has 0 unspecified atom stereocenters. The van der Waals surface area contributed by atoms with Crippen LogP contribution in [0.15, 0.2) is 22.1 Å². The van der Waals surface area contributed by atoms with Gasteiger partial charge in [-0.3, -0.25) is 0 Å². The van der Waals surface area contributed by atoms with Crippen molar-refractivity contribution in [1.82, 2.24) is 5.32 Å². The molecule has 2 heteroatoms. The third-order valence-electron chi connectivity index (χ3n) is 2.38. The summed E-state index contributed by atoms with van der Waals surface area (Å²) in [5.41, 5.74) is 1.30. The molecule has 0 spiro atoms. The molecule has 0 saturated carbocycles. The van der Waals surface area contributed by atoms with E-state index in [9.17, 15) is 0 Å². The van der Waals surface area contributed by atoms with Gasteiger partial charge in [0.15, 0.2) is 0 Å². The van der Waals surface area contributed by atoms with Crippen molar-refractivity contribution in [2.24, 2.45) is 5.92 Å². The molecule has 1 heterocycles. The molecule has 90 valence electrons. The highest BCUT2D eigenvalue weighted by atomic mass is 16.3. The van der Waals surface area contributed by atoms with Gasteiger partial charge in [0.1, 0.15) is 11.5 Å². The van der Waals surface area contributed by atoms with Gasteiger partial charge in [0.25, 0.3) is 0 Å². The molecule has 0 aliphatic heterocycles. The lowest BCUT2D eigenvalue weighted by Crippen LogP contribution is -2.21. The molecule has 0 atom stereocenters. The molecule has 0 aliphatic carbocycles. The van der Waals surface area contributed by atoms with Crippen LogP contribution in [0.1, 0.15) is 39.2 Å². The Morgan fingerprint density at radius 3 is 2.75 bits per heavy atom. The fraction of sp³-hybridized carbons (Fsp3) is 0.571. The van der Waals surface area contributed by atoms with E-state index in [1.54, 1.807) is 0 Å². The third kappa shape index (κ3) is 4.67. The fourth-order valence-corrected chi connectivity index (χ4v) is 1.51. The summed E-state index contributed by atoms with van der Waals surface area (Å²) in [6.07, 6.45) is 3.06. The van der Waals surface area contributed by atoms with Crippen LogP contribution in [0, 0.1) is 5.92 Å². The molecule has 1 N–H and O–H groups in total. The zero-order chi connectivity index (χ0) is 12.0. The van der Waals surface area contributed by atoms with Crippen LogP contribution in [-0.2, 0) is 6.42 Å². The highest BCUT2D eigenvalue weighted by molar-refractivity contribution is 5.47. The molecule has 0 radical (unpaired) electrons. The summed E-state index contributed by atoms with van der Waals surface area (Å²) in [5.74, 6) is 2.71. The summed E-state index contributed by atoms with van der Waals surface area (Å²) in [6, 6.07) is 4.07. The molecule has 1 rings (SSSR count). The number of nitrogens with one attached hydrogen (secondary N) is 1. The van der Waals surface area contributed by atoms with Crippen LogP contribution < -0.4 is 5.32 Å². The van der Waals surface area contributed by atoms with Crippen molar-refractivity contribution in [2.75, 3.05) is 13.1 Å². The van der Waals surface area contributed by atoms with Gasteiger partial charge >= 0.3 is 0 Å². The van der Waals surface area contributed by atoms with Gasteiger partial charge < -0.3 is 9.73 Å². The van der Waals surface area contributed by atoms with E-state index in [1.165, 1.54) is 5.57 Å². The first-order valence-corrected chi connectivity index (χ1v) is 6.08. The van der Waals surface area contributed by atoms with Gasteiger partial charge in [0.2, 0.25) is 0 Å². The molecule has 0 saturated heterocycles. The van der Waals surface area contributed by atoms with E-state index in [2.05, 4.69) is 39.1 Å². The Hall–Kier alpha value is -1.02. The molecular formula is C14H23NO. The average Bonchev–Trinajstić information content (AvgIpc) is 2.65. The largest absolute Gasteiger partial charge is 0.462 e. The molecule has 16 heavy (non-hydrogen) atoms. The quantitative estimate of drug-likeness (QED) is 0.795. The molecule has 0 aliphatic rings. The van der Waals surface area contributed by atoms with Crippen LogP contribution in [0.25, 0.3) is 6.08 Å². The number of hydrogen-bond acceptors (Lipinski definition) is 2. The monoisotopic (exact) mass is 221 g/mol. The van der Waals surface area contributed by atoms with E-state index in [1.807, 2.05) is 12.1 Å². The third-order valence-corrected chi connectivity index (χ3v) is 2.38. The maximum atomic E-state index is 5.63. The second kappa shape index (κ2) is 6.54. The molecule has 0 amide bonds. The molecule has 0 bridgehead atoms. The van der Waals surface area contributed by atoms with Crippen LogP contribution >= 0.6 is 0 Å². The Morgan fingerprint density at radius 2 is 2.19 bits per heavy atom. The van der Waals surface area contributed by atoms with Gasteiger partial charge in [-0.2, -0.15) is 0 Å². The molecule has 1 aromatic rings. The lowest BCUT2D eigenvalue weighted by Gasteiger charge is -2.06. The van der Waals surface area contributed by atoms with Gasteiger partial charge in [0.05, 0.1) is 0 Å². The first-order chi connectivity index (χ1) is 7.61. The second-order valence-electron chi connectivity index (χ2n) is 4.67. The molecular weight excluding hydrogens is 198 g/mol. The summed E-state index contributed by atoms with van der Waals surface area (Å²) >= 11 is 0. The van der Waals surface area contributed by atoms with Gasteiger partial charge in [-0.25, -0.2) is 0 Å². The fourth-order valence-electron chi connectivity index (χ4n) is 1.51. The smallest absolute Gasteiger partial charge is 0.127 e. The van der Waals surface area contributed by atoms with E-state index in [0.717, 1.165) is 31.0 Å². The highest BCUT2D eigenvalue weighted by Crippen LogP contribution is 2.11. The predicted octanol–water partition coefficient (Wildman–Crippen LogP) is 3.49. The number of hydrogen-bond donors (Lipinski definition) is 1. The predicted molar refractivity (Wildman–Crippen MR) is 69.4 cm³/mol. The summed E-state index contributed by atoms with van der Waals surface area (Å²) in [4.78, 5) is 0. The SMILES string of the molecule is CCc1ccc(C=C(C)CNCC(C)C)o1. The Kier molecular flexibility index (Phi) is 5.33. The minimum absolute atomic E-state index is 0.697. The van der Waals surface area contributed by atoms with Crippen LogP contribution in [0.4, 0.5) is 0 Å². The lowest BCUT2D eigenvalue weighted by molar-refractivity contribution is 0.507. The lowest BCUT2D eigenvalue weighted by atomic mass is 10.2. The summed E-state index contributed by atoms with van der Waals surface area (Å²) in [7, 11) is 0. The van der Waals surface area contributed by atoms with E-state index < -0.39 is 0 Å². The Morgan fingerprint density at radius 1 is 1.44 bits per heavy atom. The summed E-state index contributed by atoms with van der Waals surface area (Å²) in [5, 5.41) is 3.42. The van der Waals surface area contributed by atoms with Crippen molar-refractivity contribution in [3.63, 3.8) is 0 Å². The maximum absolute atomic E-state index is 5.63. The Bertz CT molecular complexity index is 336. The number of furan rings is 1. The van der Waals surface area contributed by atoms with Crippen LogP contribution in [0.2, 0.25) is 0 Å². The van der Waals surface area contributed by atoms with E-state index in [0.29, 0.717) is 5.92 Å². The van der Waals surface area contributed by atoms with Crippen molar-refractivity contribution >= 4 is 6.08 Å². The molecule has 0 aromatic carbocycles. The minimum Gasteiger partial charge on any atom is -0.462 e. The summed E-state index contributed by atoms with van der Waals surface area (Å²) < 4.78 is 5.63. The van der Waals surface area contributed by atoms with E-state index >= 15 is 0 Å². The van der Waals surface area contributed by atoms with Gasteiger partial charge in [-0.05, 0) is 37.6 Å². The first-order valence-electron chi connectivity index (χ1n) is 6.08. The highest BCUT2D eigenvalue weighted by Gasteiger charge is 1.98. The first kappa shape index (κ1) is 13.0. The minimum atomic E-state index is 0.697. The van der Waals surface area contributed by atoms with Crippen molar-refractivity contribution in [1.29, 1.82) is 0 Å². The topological polar surface area (TPSA) is 25.2 Å². The van der Waals surface area contributed by atoms with E-state index in [-0.39, 0.29) is 0 Å². The normalized spacial score (nSPS) is 12.4. The zero-order valence-corrected chi connectivity index (χ0v) is 10.8. The van der Waals surface area contributed by atoms with E-state index in [4.69, 9.17) is 4.42 Å². The molecule has 0 fully saturated rings. The maximum Gasteiger partial charge on any atom is 0.127 e. The van der Waals surface area contributed by atoms with Crippen LogP contribution in [0.5, 0.6) is 0 Å². The molecule has 1 aromatic heterocycles. The van der Waals surface area contributed by atoms with Crippen molar-refractivity contribution < 1.29 is 4.42 Å². The van der Waals surface area contributed by atoms with Gasteiger partial charge in [-0.15, -0.1) is 0 Å². The van der Waals surface area contributed by atoms with Crippen LogP contribution in [0.3, 0.4) is 0 Å². The van der Waals surface area contributed by atoms with Crippen LogP contribution in [-0.4, -0.2) is 13.1 Å². The second-order valence-corrected chi connectivity index (χ2v) is 4.67. The number of rotatable bonds is 6. The van der Waals surface area contributed by atoms with Gasteiger partial charge in [-0.1, -0.05) is 26.3 Å². The van der Waals surface area contributed by atoms with Crippen molar-refractivity contribution in [3.8, 4) is 0 Å². The average molecular weight is 221 g/mol. The van der Waals surface area contributed by atoms with Crippen molar-refractivity contribution in [3.05, 3.63) is 29.2 Å². The zero-order valence-electron chi connectivity index (χ0n) is 10.8. The van der Waals surface area contributed by atoms with Gasteiger partial charge in [0, 0.05) is 13.0 Å². The van der Waals surface area contributed by atoms with Crippen molar-refractivity contribution in [2.45, 2.75) is 34.1 Å². The Balaban J connectivity index is 2.43. The number of aryl methyl sites for hydroxylation is 1. The summed E-state index contributed by atoms with van der Waals surface area (Å²) in [6.45, 7) is 10.6.